The zero-order chi connectivity index (χ0) is 13.8. The lowest BCUT2D eigenvalue weighted by molar-refractivity contribution is 0.0926. The number of furan rings is 1. The van der Waals surface area contributed by atoms with Gasteiger partial charge in [-0.15, -0.1) is 0 Å². The van der Waals surface area contributed by atoms with Crippen molar-refractivity contribution in [1.82, 2.24) is 5.43 Å². The van der Waals surface area contributed by atoms with Gasteiger partial charge in [0.15, 0.2) is 5.76 Å². The average molecular weight is 257 g/mol. The molecule has 98 valence electrons. The number of carbonyl (C=O) groups is 1. The standard InChI is InChI=1S/C14H15N3O2/c1-9-3-8-13(19-9)14(18)17-16-10(2)11-4-6-12(15)7-5-11/h3-8H,15H2,1-2H3,(H,17,18). The Morgan fingerprint density at radius 2 is 1.89 bits per heavy atom. The fourth-order valence-electron chi connectivity index (χ4n) is 1.54. The number of nitrogens with one attached hydrogen (secondary N) is 1. The van der Waals surface area contributed by atoms with Crippen molar-refractivity contribution in [3.8, 4) is 0 Å². The number of benzene rings is 1. The van der Waals surface area contributed by atoms with Gasteiger partial charge in [0.05, 0.1) is 5.71 Å². The number of hydrogen-bond donors (Lipinski definition) is 2. The molecular weight excluding hydrogens is 242 g/mol. The molecule has 3 N–H and O–H groups in total. The third kappa shape index (κ3) is 3.22. The summed E-state index contributed by atoms with van der Waals surface area (Å²) >= 11 is 0. The molecule has 0 bridgehead atoms. The van der Waals surface area contributed by atoms with E-state index in [0.717, 1.165) is 5.56 Å². The third-order valence-electron chi connectivity index (χ3n) is 2.62. The van der Waals surface area contributed by atoms with E-state index in [1.54, 1.807) is 38.1 Å². The van der Waals surface area contributed by atoms with E-state index >= 15 is 0 Å². The Kier molecular flexibility index (Phi) is 3.66. The number of nitrogen functional groups attached to an aromatic ring is 1. The lowest BCUT2D eigenvalue weighted by Gasteiger charge is -2.02. The van der Waals surface area contributed by atoms with Crippen LogP contribution >= 0.6 is 0 Å². The topological polar surface area (TPSA) is 80.6 Å². The molecule has 1 heterocycles. The number of nitrogens with zero attached hydrogens (tertiary/aromatic N) is 1. The van der Waals surface area contributed by atoms with Crippen molar-refractivity contribution in [3.63, 3.8) is 0 Å². The van der Waals surface area contributed by atoms with Crippen LogP contribution in [0.3, 0.4) is 0 Å². The summed E-state index contributed by atoms with van der Waals surface area (Å²) in [4.78, 5) is 11.7. The van der Waals surface area contributed by atoms with E-state index in [1.165, 1.54) is 0 Å². The van der Waals surface area contributed by atoms with Crippen molar-refractivity contribution < 1.29 is 9.21 Å². The number of rotatable bonds is 3. The van der Waals surface area contributed by atoms with Crippen molar-refractivity contribution >= 4 is 17.3 Å². The normalized spacial score (nSPS) is 11.4. The van der Waals surface area contributed by atoms with E-state index in [0.29, 0.717) is 17.2 Å². The molecule has 1 amide bonds. The van der Waals surface area contributed by atoms with Gasteiger partial charge in [0.25, 0.3) is 0 Å². The molecule has 0 radical (unpaired) electrons. The largest absolute Gasteiger partial charge is 0.456 e. The second-order valence-corrected chi connectivity index (χ2v) is 4.17. The van der Waals surface area contributed by atoms with Crippen LogP contribution in [0.1, 0.15) is 28.8 Å². The molecule has 0 saturated carbocycles. The molecule has 0 saturated heterocycles. The second kappa shape index (κ2) is 5.39. The van der Waals surface area contributed by atoms with Gasteiger partial charge in [0, 0.05) is 5.69 Å². The molecule has 5 nitrogen and oxygen atoms in total. The number of hydrazone groups is 1. The van der Waals surface area contributed by atoms with Gasteiger partial charge in [-0.3, -0.25) is 4.79 Å². The maximum atomic E-state index is 11.7. The number of aryl methyl sites for hydroxylation is 1. The first-order chi connectivity index (χ1) is 9.06. The minimum absolute atomic E-state index is 0.242. The van der Waals surface area contributed by atoms with Crippen molar-refractivity contribution in [1.29, 1.82) is 0 Å². The Balaban J connectivity index is 2.06. The highest BCUT2D eigenvalue weighted by Gasteiger charge is 2.08. The first kappa shape index (κ1) is 12.9. The Labute approximate surface area is 111 Å². The predicted molar refractivity (Wildman–Crippen MR) is 74.0 cm³/mol. The van der Waals surface area contributed by atoms with Gasteiger partial charge in [-0.1, -0.05) is 12.1 Å². The average Bonchev–Trinajstić information content (AvgIpc) is 2.83. The maximum absolute atomic E-state index is 11.7. The number of amides is 1. The fourth-order valence-corrected chi connectivity index (χ4v) is 1.54. The van der Waals surface area contributed by atoms with Crippen LogP contribution in [-0.2, 0) is 0 Å². The van der Waals surface area contributed by atoms with Gasteiger partial charge >= 0.3 is 5.91 Å². The van der Waals surface area contributed by atoms with Crippen LogP contribution < -0.4 is 11.2 Å². The fraction of sp³-hybridized carbons (Fsp3) is 0.143. The summed E-state index contributed by atoms with van der Waals surface area (Å²) < 4.78 is 5.20. The molecule has 1 aromatic carbocycles. The predicted octanol–water partition coefficient (Wildman–Crippen LogP) is 2.32. The monoisotopic (exact) mass is 257 g/mol. The molecule has 0 unspecified atom stereocenters. The summed E-state index contributed by atoms with van der Waals surface area (Å²) in [5.74, 6) is 0.554. The highest BCUT2D eigenvalue weighted by atomic mass is 16.3. The van der Waals surface area contributed by atoms with Crippen molar-refractivity contribution in [2.75, 3.05) is 5.73 Å². The van der Waals surface area contributed by atoms with Gasteiger partial charge in [0.2, 0.25) is 0 Å². The van der Waals surface area contributed by atoms with Crippen LogP contribution in [0.2, 0.25) is 0 Å². The van der Waals surface area contributed by atoms with E-state index in [4.69, 9.17) is 10.2 Å². The number of anilines is 1. The van der Waals surface area contributed by atoms with E-state index in [-0.39, 0.29) is 11.7 Å². The molecule has 2 rings (SSSR count). The minimum Gasteiger partial charge on any atom is -0.456 e. The van der Waals surface area contributed by atoms with Crippen LogP contribution in [0.15, 0.2) is 45.9 Å². The quantitative estimate of drug-likeness (QED) is 0.503. The number of nitrogens with two attached hydrogens (primary N) is 1. The van der Waals surface area contributed by atoms with Crippen LogP contribution in [0.5, 0.6) is 0 Å². The van der Waals surface area contributed by atoms with Crippen LogP contribution in [0.25, 0.3) is 0 Å². The lowest BCUT2D eigenvalue weighted by atomic mass is 10.1. The SMILES string of the molecule is CC(=NNC(=O)c1ccc(C)o1)c1ccc(N)cc1. The molecule has 0 fully saturated rings. The highest BCUT2D eigenvalue weighted by Crippen LogP contribution is 2.07. The first-order valence-corrected chi connectivity index (χ1v) is 5.83. The Morgan fingerprint density at radius 3 is 2.47 bits per heavy atom. The molecule has 2 aromatic rings. The van der Waals surface area contributed by atoms with E-state index < -0.39 is 0 Å². The molecule has 0 atom stereocenters. The molecule has 19 heavy (non-hydrogen) atoms. The molecular formula is C14H15N3O2. The summed E-state index contributed by atoms with van der Waals surface area (Å²) in [6, 6.07) is 10.6. The van der Waals surface area contributed by atoms with Gasteiger partial charge in [-0.05, 0) is 43.7 Å². The summed E-state index contributed by atoms with van der Waals surface area (Å²) in [7, 11) is 0. The molecule has 0 spiro atoms. The minimum atomic E-state index is -0.372. The smallest absolute Gasteiger partial charge is 0.307 e. The third-order valence-corrected chi connectivity index (χ3v) is 2.62. The zero-order valence-corrected chi connectivity index (χ0v) is 10.8. The second-order valence-electron chi connectivity index (χ2n) is 4.17. The number of hydrogen-bond acceptors (Lipinski definition) is 4. The summed E-state index contributed by atoms with van der Waals surface area (Å²) in [5.41, 5.74) is 10.3. The molecule has 5 heteroatoms. The maximum Gasteiger partial charge on any atom is 0.307 e. The van der Waals surface area contributed by atoms with Crippen LogP contribution in [0.4, 0.5) is 5.69 Å². The summed E-state index contributed by atoms with van der Waals surface area (Å²) in [6.07, 6.45) is 0. The Morgan fingerprint density at radius 1 is 1.21 bits per heavy atom. The van der Waals surface area contributed by atoms with Gasteiger partial charge in [-0.25, -0.2) is 5.43 Å². The highest BCUT2D eigenvalue weighted by molar-refractivity contribution is 6.00. The summed E-state index contributed by atoms with van der Waals surface area (Å²) in [6.45, 7) is 3.58. The van der Waals surface area contributed by atoms with E-state index in [1.807, 2.05) is 12.1 Å². The zero-order valence-electron chi connectivity index (χ0n) is 10.8. The van der Waals surface area contributed by atoms with Crippen LogP contribution in [-0.4, -0.2) is 11.6 Å². The van der Waals surface area contributed by atoms with Crippen molar-refractivity contribution in [2.24, 2.45) is 5.10 Å². The van der Waals surface area contributed by atoms with E-state index in [9.17, 15) is 4.79 Å². The Hall–Kier alpha value is -2.56. The lowest BCUT2D eigenvalue weighted by Crippen LogP contribution is -2.18. The molecule has 1 aromatic heterocycles. The summed E-state index contributed by atoms with van der Waals surface area (Å²) in [5, 5.41) is 4.03. The molecule has 0 aliphatic rings. The first-order valence-electron chi connectivity index (χ1n) is 5.83. The van der Waals surface area contributed by atoms with Gasteiger partial charge < -0.3 is 10.2 Å². The van der Waals surface area contributed by atoms with Gasteiger partial charge in [-0.2, -0.15) is 5.10 Å². The van der Waals surface area contributed by atoms with E-state index in [2.05, 4.69) is 10.5 Å². The molecule has 0 aliphatic carbocycles. The van der Waals surface area contributed by atoms with Crippen molar-refractivity contribution in [2.45, 2.75) is 13.8 Å². The molecule has 0 aliphatic heterocycles. The Bertz CT molecular complexity index is 612. The van der Waals surface area contributed by atoms with Crippen molar-refractivity contribution in [3.05, 3.63) is 53.5 Å². The van der Waals surface area contributed by atoms with Crippen LogP contribution in [0, 0.1) is 6.92 Å². The van der Waals surface area contributed by atoms with Gasteiger partial charge in [0.1, 0.15) is 5.76 Å². The number of carbonyl (C=O) groups excluding carboxylic acids is 1.